The fraction of sp³-hybridized carbons (Fsp3) is 0.385. The standard InChI is InChI=1S/C13H8Cl6O3S/c14-9-10(15)12(17)7(5-11(9,16)13(12,18)19)6-3-1-2-4-8(6)23(20,21)22/h1-4,7H,5H2,(H,20,21,22). The summed E-state index contributed by atoms with van der Waals surface area (Å²) in [6.45, 7) is 0. The van der Waals surface area contributed by atoms with Crippen molar-refractivity contribution in [1.82, 2.24) is 0 Å². The Morgan fingerprint density at radius 2 is 1.61 bits per heavy atom. The Hall–Kier alpha value is 0.610. The van der Waals surface area contributed by atoms with E-state index in [0.29, 0.717) is 0 Å². The lowest BCUT2D eigenvalue weighted by atomic mass is 9.85. The lowest BCUT2D eigenvalue weighted by Gasteiger charge is -2.34. The topological polar surface area (TPSA) is 54.4 Å². The Balaban J connectivity index is 2.28. The third kappa shape index (κ3) is 2.16. The first-order valence-corrected chi connectivity index (χ1v) is 9.98. The Morgan fingerprint density at radius 3 is 2.09 bits per heavy atom. The van der Waals surface area contributed by atoms with Gasteiger partial charge < -0.3 is 0 Å². The van der Waals surface area contributed by atoms with E-state index in [2.05, 4.69) is 0 Å². The number of hydrogen-bond acceptors (Lipinski definition) is 2. The maximum Gasteiger partial charge on any atom is 0.294 e. The third-order valence-electron chi connectivity index (χ3n) is 4.35. The van der Waals surface area contributed by atoms with Gasteiger partial charge in [0.25, 0.3) is 10.1 Å². The monoisotopic (exact) mass is 454 g/mol. The van der Waals surface area contributed by atoms with Gasteiger partial charge in [-0.2, -0.15) is 8.42 Å². The Labute approximate surface area is 163 Å². The molecule has 0 aliphatic heterocycles. The van der Waals surface area contributed by atoms with Gasteiger partial charge in [-0.15, -0.1) is 23.2 Å². The Morgan fingerprint density at radius 1 is 1.04 bits per heavy atom. The number of fused-ring (bicyclic) bond motifs is 2. The van der Waals surface area contributed by atoms with E-state index < -0.39 is 30.1 Å². The molecule has 1 aromatic carbocycles. The van der Waals surface area contributed by atoms with Crippen molar-refractivity contribution >= 4 is 79.7 Å². The average Bonchev–Trinajstić information content (AvgIpc) is 2.68. The van der Waals surface area contributed by atoms with Crippen molar-refractivity contribution < 1.29 is 13.0 Å². The molecule has 3 atom stereocenters. The Kier molecular flexibility index (Phi) is 4.25. The van der Waals surface area contributed by atoms with Gasteiger partial charge in [0.1, 0.15) is 9.75 Å². The fourth-order valence-corrected chi connectivity index (χ4v) is 6.78. The molecule has 10 heteroatoms. The minimum absolute atomic E-state index is 0.0257. The van der Waals surface area contributed by atoms with Gasteiger partial charge in [0.05, 0.1) is 15.0 Å². The number of hydrogen-bond donors (Lipinski definition) is 1. The van der Waals surface area contributed by atoms with E-state index in [-0.39, 0.29) is 26.9 Å². The van der Waals surface area contributed by atoms with Gasteiger partial charge in [0.15, 0.2) is 4.33 Å². The number of alkyl halides is 4. The quantitative estimate of drug-likeness (QED) is 0.488. The van der Waals surface area contributed by atoms with Crippen molar-refractivity contribution in [2.75, 3.05) is 0 Å². The summed E-state index contributed by atoms with van der Waals surface area (Å²) in [5.41, 5.74) is 0.223. The molecular weight excluding hydrogens is 449 g/mol. The molecule has 0 spiro atoms. The van der Waals surface area contributed by atoms with Crippen LogP contribution in [0.1, 0.15) is 17.9 Å². The second kappa shape index (κ2) is 5.31. The summed E-state index contributed by atoms with van der Waals surface area (Å²) < 4.78 is 31.0. The molecule has 0 aromatic heterocycles. The molecule has 3 unspecified atom stereocenters. The maximum atomic E-state index is 11.7. The molecule has 126 valence electrons. The molecule has 0 saturated heterocycles. The van der Waals surface area contributed by atoms with Crippen LogP contribution in [0.2, 0.25) is 0 Å². The largest absolute Gasteiger partial charge is 0.294 e. The number of rotatable bonds is 2. The van der Waals surface area contributed by atoms with Crippen molar-refractivity contribution in [3.8, 4) is 0 Å². The van der Waals surface area contributed by atoms with E-state index in [0.717, 1.165) is 0 Å². The van der Waals surface area contributed by atoms with Gasteiger partial charge >= 0.3 is 0 Å². The molecule has 0 amide bonds. The molecule has 2 aliphatic rings. The van der Waals surface area contributed by atoms with Gasteiger partial charge in [-0.05, 0) is 18.1 Å². The lowest BCUT2D eigenvalue weighted by Crippen LogP contribution is -2.43. The molecule has 1 N–H and O–H groups in total. The van der Waals surface area contributed by atoms with Crippen molar-refractivity contribution in [1.29, 1.82) is 0 Å². The van der Waals surface area contributed by atoms with Gasteiger partial charge in [0.2, 0.25) is 0 Å². The van der Waals surface area contributed by atoms with E-state index >= 15 is 0 Å². The Bertz CT molecular complexity index is 836. The van der Waals surface area contributed by atoms with Crippen LogP contribution in [0.4, 0.5) is 0 Å². The zero-order valence-corrected chi connectivity index (χ0v) is 16.4. The van der Waals surface area contributed by atoms with Crippen molar-refractivity contribution in [3.63, 3.8) is 0 Å². The van der Waals surface area contributed by atoms with E-state index in [4.69, 9.17) is 69.6 Å². The second-order valence-electron chi connectivity index (χ2n) is 5.48. The van der Waals surface area contributed by atoms with E-state index in [9.17, 15) is 13.0 Å². The van der Waals surface area contributed by atoms with E-state index in [1.807, 2.05) is 0 Å². The minimum atomic E-state index is -4.48. The molecule has 23 heavy (non-hydrogen) atoms. The molecule has 1 saturated carbocycles. The van der Waals surface area contributed by atoms with Crippen LogP contribution in [0.25, 0.3) is 0 Å². The predicted octanol–water partition coefficient (Wildman–Crippen LogP) is 5.25. The number of allylic oxidation sites excluding steroid dienone is 2. The van der Waals surface area contributed by atoms with Crippen LogP contribution in [0.5, 0.6) is 0 Å². The van der Waals surface area contributed by atoms with Crippen molar-refractivity contribution in [2.24, 2.45) is 0 Å². The molecule has 0 heterocycles. The van der Waals surface area contributed by atoms with Gasteiger partial charge in [-0.3, -0.25) is 4.55 Å². The smallest absolute Gasteiger partial charge is 0.282 e. The van der Waals surface area contributed by atoms with Crippen LogP contribution in [-0.4, -0.2) is 27.1 Å². The highest BCUT2D eigenvalue weighted by atomic mass is 35.5. The summed E-state index contributed by atoms with van der Waals surface area (Å²) in [5, 5.41) is 0.0173. The first-order valence-electron chi connectivity index (χ1n) is 6.27. The minimum Gasteiger partial charge on any atom is -0.282 e. The lowest BCUT2D eigenvalue weighted by molar-refractivity contribution is 0.479. The fourth-order valence-electron chi connectivity index (χ4n) is 3.24. The van der Waals surface area contributed by atoms with Gasteiger partial charge in [-0.25, -0.2) is 0 Å². The summed E-state index contributed by atoms with van der Waals surface area (Å²) in [6.07, 6.45) is 0.0621. The van der Waals surface area contributed by atoms with Crippen LogP contribution in [0.15, 0.2) is 39.2 Å². The summed E-state index contributed by atoms with van der Waals surface area (Å²) >= 11 is 38.3. The van der Waals surface area contributed by atoms with Crippen LogP contribution in [0.3, 0.4) is 0 Å². The molecule has 2 bridgehead atoms. The van der Waals surface area contributed by atoms with Gasteiger partial charge in [0, 0.05) is 5.92 Å². The predicted molar refractivity (Wildman–Crippen MR) is 94.0 cm³/mol. The normalized spacial score (nSPS) is 35.9. The molecule has 3 nitrogen and oxygen atoms in total. The highest BCUT2D eigenvalue weighted by Crippen LogP contribution is 2.76. The zero-order chi connectivity index (χ0) is 17.4. The number of benzene rings is 1. The first-order chi connectivity index (χ1) is 10.4. The second-order valence-corrected chi connectivity index (χ2v) is 10.2. The van der Waals surface area contributed by atoms with Gasteiger partial charge in [-0.1, -0.05) is 64.6 Å². The zero-order valence-electron chi connectivity index (χ0n) is 11.0. The van der Waals surface area contributed by atoms with Crippen molar-refractivity contribution in [2.45, 2.75) is 31.3 Å². The van der Waals surface area contributed by atoms with E-state index in [1.165, 1.54) is 18.2 Å². The molecule has 3 rings (SSSR count). The highest BCUT2D eigenvalue weighted by molar-refractivity contribution is 7.85. The van der Waals surface area contributed by atoms with Crippen LogP contribution in [0, 0.1) is 0 Å². The van der Waals surface area contributed by atoms with Crippen LogP contribution in [-0.2, 0) is 10.1 Å². The number of halogens is 6. The summed E-state index contributed by atoms with van der Waals surface area (Å²) in [6, 6.07) is 5.82. The van der Waals surface area contributed by atoms with E-state index in [1.54, 1.807) is 6.07 Å². The SMILES string of the molecule is O=S(=O)(O)c1ccccc1C1CC2(Cl)C(Cl)=C(Cl)C1(Cl)C2(Cl)Cl. The highest BCUT2D eigenvalue weighted by Gasteiger charge is 2.78. The van der Waals surface area contributed by atoms with Crippen LogP contribution >= 0.6 is 69.6 Å². The average molecular weight is 457 g/mol. The summed E-state index contributed by atoms with van der Waals surface area (Å²) in [5.74, 6) is -0.759. The summed E-state index contributed by atoms with van der Waals surface area (Å²) in [7, 11) is -4.48. The maximum absolute atomic E-state index is 11.7. The molecule has 1 aromatic rings. The summed E-state index contributed by atoms with van der Waals surface area (Å²) in [4.78, 5) is -3.37. The molecule has 1 fully saturated rings. The molecular formula is C13H8Cl6O3S. The van der Waals surface area contributed by atoms with Crippen LogP contribution < -0.4 is 0 Å². The molecule has 2 aliphatic carbocycles. The third-order valence-corrected chi connectivity index (χ3v) is 9.56. The van der Waals surface area contributed by atoms with Crippen molar-refractivity contribution in [3.05, 3.63) is 39.9 Å². The molecule has 0 radical (unpaired) electrons. The first kappa shape index (κ1) is 18.4.